The molecule has 0 spiro atoms. The molecule has 0 saturated carbocycles. The average Bonchev–Trinajstić information content (AvgIpc) is 2.81. The average molecular weight is 286 g/mol. The molecule has 8 heteroatoms. The smallest absolute Gasteiger partial charge is 0.198 e. The molecule has 1 aliphatic rings. The van der Waals surface area contributed by atoms with Gasteiger partial charge in [-0.25, -0.2) is 14.5 Å². The molecule has 0 radical (unpaired) electrons. The van der Waals surface area contributed by atoms with Crippen molar-refractivity contribution in [2.45, 2.75) is 10.9 Å². The van der Waals surface area contributed by atoms with E-state index in [9.17, 15) is 0 Å². The Hall–Kier alpha value is -1.05. The van der Waals surface area contributed by atoms with Crippen molar-refractivity contribution in [3.05, 3.63) is 12.0 Å². The molecule has 2 aromatic rings. The summed E-state index contributed by atoms with van der Waals surface area (Å²) >= 11 is 10.1. The van der Waals surface area contributed by atoms with Crippen molar-refractivity contribution in [3.8, 4) is 0 Å². The van der Waals surface area contributed by atoms with Crippen LogP contribution in [0.3, 0.4) is 0 Å². The van der Waals surface area contributed by atoms with E-state index in [0.29, 0.717) is 29.7 Å². The van der Waals surface area contributed by atoms with Gasteiger partial charge in [0.2, 0.25) is 0 Å². The number of morpholine rings is 1. The summed E-state index contributed by atoms with van der Waals surface area (Å²) in [6, 6.07) is 0. The van der Waals surface area contributed by atoms with Crippen molar-refractivity contribution >= 4 is 35.7 Å². The van der Waals surface area contributed by atoms with Crippen molar-refractivity contribution in [3.63, 3.8) is 0 Å². The minimum absolute atomic E-state index is 0.284. The van der Waals surface area contributed by atoms with Crippen molar-refractivity contribution in [2.24, 2.45) is 0 Å². The molecule has 6 nitrogen and oxygen atoms in total. The fourth-order valence-corrected chi connectivity index (χ4v) is 2.27. The molecule has 0 atom stereocenters. The summed E-state index contributed by atoms with van der Waals surface area (Å²) in [5.74, 6) is 1.66. The summed E-state index contributed by atoms with van der Waals surface area (Å²) < 4.78 is 7.02. The summed E-state index contributed by atoms with van der Waals surface area (Å²) in [6.45, 7) is 2.98. The van der Waals surface area contributed by atoms with Gasteiger partial charge in [-0.3, -0.25) is 0 Å². The Kier molecular flexibility index (Phi) is 3.27. The SMILES string of the molecule is Sc1cn2nc(CCl)nc2c(N2CCOCC2)n1. The molecular weight excluding hydrogens is 274 g/mol. The predicted octanol–water partition coefficient (Wildman–Crippen LogP) is 0.988. The van der Waals surface area contributed by atoms with Crippen LogP contribution in [0.5, 0.6) is 0 Å². The van der Waals surface area contributed by atoms with Gasteiger partial charge >= 0.3 is 0 Å². The third kappa shape index (κ3) is 2.13. The highest BCUT2D eigenvalue weighted by Crippen LogP contribution is 2.21. The quantitative estimate of drug-likeness (QED) is 0.659. The monoisotopic (exact) mass is 285 g/mol. The third-order valence-corrected chi connectivity index (χ3v) is 3.22. The van der Waals surface area contributed by atoms with E-state index in [2.05, 4.69) is 32.6 Å². The lowest BCUT2D eigenvalue weighted by Gasteiger charge is -2.27. The van der Waals surface area contributed by atoms with Gasteiger partial charge in [0.1, 0.15) is 5.03 Å². The van der Waals surface area contributed by atoms with Gasteiger partial charge in [-0.05, 0) is 0 Å². The number of halogens is 1. The molecule has 2 aromatic heterocycles. The first-order chi connectivity index (χ1) is 8.78. The van der Waals surface area contributed by atoms with Gasteiger partial charge in [0.05, 0.1) is 25.3 Å². The minimum atomic E-state index is 0.284. The Morgan fingerprint density at radius 1 is 1.33 bits per heavy atom. The summed E-state index contributed by atoms with van der Waals surface area (Å²) in [4.78, 5) is 11.0. The highest BCUT2D eigenvalue weighted by Gasteiger charge is 2.18. The van der Waals surface area contributed by atoms with Crippen LogP contribution in [0.25, 0.3) is 5.65 Å². The number of aromatic nitrogens is 4. The Morgan fingerprint density at radius 3 is 2.83 bits per heavy atom. The van der Waals surface area contributed by atoms with Crippen LogP contribution in [0.15, 0.2) is 11.2 Å². The Balaban J connectivity index is 2.10. The molecule has 0 aromatic carbocycles. The van der Waals surface area contributed by atoms with E-state index < -0.39 is 0 Å². The number of fused-ring (bicyclic) bond motifs is 1. The topological polar surface area (TPSA) is 55.5 Å². The lowest BCUT2D eigenvalue weighted by Crippen LogP contribution is -2.37. The zero-order chi connectivity index (χ0) is 12.5. The van der Waals surface area contributed by atoms with Crippen LogP contribution in [0.4, 0.5) is 5.82 Å². The molecule has 18 heavy (non-hydrogen) atoms. The van der Waals surface area contributed by atoms with Gasteiger partial charge in [0, 0.05) is 13.1 Å². The molecular formula is C10H12ClN5OS. The lowest BCUT2D eigenvalue weighted by molar-refractivity contribution is 0.122. The van der Waals surface area contributed by atoms with Crippen LogP contribution in [0.1, 0.15) is 5.82 Å². The second-order valence-electron chi connectivity index (χ2n) is 3.95. The molecule has 0 unspecified atom stereocenters. The molecule has 1 saturated heterocycles. The van der Waals surface area contributed by atoms with Gasteiger partial charge in [0.25, 0.3) is 0 Å². The molecule has 0 amide bonds. The predicted molar refractivity (Wildman–Crippen MR) is 70.6 cm³/mol. The normalized spacial score (nSPS) is 16.4. The Bertz CT molecular complexity index is 569. The zero-order valence-electron chi connectivity index (χ0n) is 9.58. The van der Waals surface area contributed by atoms with Gasteiger partial charge in [0.15, 0.2) is 17.3 Å². The fourth-order valence-electron chi connectivity index (χ4n) is 1.95. The standard InChI is InChI=1S/C10H12ClN5OS/c11-5-7-12-10-9(15-1-3-17-4-2-15)13-8(18)6-16(10)14-7/h6,18H,1-5H2. The van der Waals surface area contributed by atoms with Gasteiger partial charge in [-0.2, -0.15) is 0 Å². The first-order valence-electron chi connectivity index (χ1n) is 5.62. The maximum absolute atomic E-state index is 5.76. The van der Waals surface area contributed by atoms with Crippen LogP contribution in [0.2, 0.25) is 0 Å². The zero-order valence-corrected chi connectivity index (χ0v) is 11.2. The van der Waals surface area contributed by atoms with Gasteiger partial charge in [-0.15, -0.1) is 29.3 Å². The second kappa shape index (κ2) is 4.91. The third-order valence-electron chi connectivity index (χ3n) is 2.76. The van der Waals surface area contributed by atoms with Gasteiger partial charge < -0.3 is 9.64 Å². The summed E-state index contributed by atoms with van der Waals surface area (Å²) in [5, 5.41) is 4.88. The second-order valence-corrected chi connectivity index (χ2v) is 4.68. The van der Waals surface area contributed by atoms with E-state index in [0.717, 1.165) is 18.9 Å². The minimum Gasteiger partial charge on any atom is -0.378 e. The molecule has 96 valence electrons. The van der Waals surface area contributed by atoms with E-state index in [-0.39, 0.29) is 5.88 Å². The molecule has 3 rings (SSSR count). The van der Waals surface area contributed by atoms with Crippen molar-refractivity contribution < 1.29 is 4.74 Å². The van der Waals surface area contributed by atoms with Crippen LogP contribution in [0, 0.1) is 0 Å². The number of anilines is 1. The van der Waals surface area contributed by atoms with Crippen molar-refractivity contribution in [1.82, 2.24) is 19.6 Å². The number of nitrogens with zero attached hydrogens (tertiary/aromatic N) is 5. The molecule has 0 aliphatic carbocycles. The largest absolute Gasteiger partial charge is 0.378 e. The van der Waals surface area contributed by atoms with Crippen LogP contribution in [-0.4, -0.2) is 45.9 Å². The maximum atomic E-state index is 5.76. The fraction of sp³-hybridized carbons (Fsp3) is 0.500. The van der Waals surface area contributed by atoms with Crippen molar-refractivity contribution in [1.29, 1.82) is 0 Å². The van der Waals surface area contributed by atoms with E-state index in [1.807, 2.05) is 0 Å². The number of hydrogen-bond acceptors (Lipinski definition) is 6. The number of rotatable bonds is 2. The van der Waals surface area contributed by atoms with Gasteiger partial charge in [-0.1, -0.05) is 0 Å². The summed E-state index contributed by atoms with van der Waals surface area (Å²) in [6.07, 6.45) is 1.73. The molecule has 0 bridgehead atoms. The van der Waals surface area contributed by atoms with Crippen LogP contribution < -0.4 is 4.90 Å². The number of ether oxygens (including phenoxy) is 1. The van der Waals surface area contributed by atoms with Crippen LogP contribution >= 0.6 is 24.2 Å². The number of hydrogen-bond donors (Lipinski definition) is 1. The summed E-state index contributed by atoms with van der Waals surface area (Å²) in [7, 11) is 0. The first-order valence-corrected chi connectivity index (χ1v) is 6.60. The molecule has 1 aliphatic heterocycles. The van der Waals surface area contributed by atoms with E-state index >= 15 is 0 Å². The van der Waals surface area contributed by atoms with E-state index in [1.54, 1.807) is 10.7 Å². The summed E-state index contributed by atoms with van der Waals surface area (Å²) in [5.41, 5.74) is 0.713. The molecule has 1 fully saturated rings. The van der Waals surface area contributed by atoms with Crippen LogP contribution in [-0.2, 0) is 10.6 Å². The molecule has 3 heterocycles. The van der Waals surface area contributed by atoms with Crippen molar-refractivity contribution in [2.75, 3.05) is 31.2 Å². The van der Waals surface area contributed by atoms with E-state index in [1.165, 1.54) is 0 Å². The highest BCUT2D eigenvalue weighted by molar-refractivity contribution is 7.80. The first kappa shape index (κ1) is 12.0. The maximum Gasteiger partial charge on any atom is 0.198 e. The Labute approximate surface area is 114 Å². The number of thiol groups is 1. The Morgan fingerprint density at radius 2 is 2.11 bits per heavy atom. The highest BCUT2D eigenvalue weighted by atomic mass is 35.5. The number of alkyl halides is 1. The van der Waals surface area contributed by atoms with E-state index in [4.69, 9.17) is 16.3 Å². The lowest BCUT2D eigenvalue weighted by atomic mass is 10.4. The molecule has 0 N–H and O–H groups in total.